The van der Waals surface area contributed by atoms with Crippen LogP contribution >= 0.6 is 0 Å². The summed E-state index contributed by atoms with van der Waals surface area (Å²) in [5.41, 5.74) is 2.97. The van der Waals surface area contributed by atoms with Gasteiger partial charge < -0.3 is 14.5 Å². The molecule has 0 aliphatic carbocycles. The van der Waals surface area contributed by atoms with E-state index in [2.05, 4.69) is 14.7 Å². The number of rotatable bonds is 8. The number of nitrogens with zero attached hydrogens (tertiary/aromatic N) is 1. The lowest BCUT2D eigenvalue weighted by Gasteiger charge is -2.09. The summed E-state index contributed by atoms with van der Waals surface area (Å²) in [6.07, 6.45) is -0.189. The van der Waals surface area contributed by atoms with Crippen molar-refractivity contribution in [1.29, 1.82) is 0 Å². The second-order valence-corrected chi connectivity index (χ2v) is 5.18. The van der Waals surface area contributed by atoms with E-state index in [1.807, 2.05) is 6.92 Å². The van der Waals surface area contributed by atoms with E-state index in [9.17, 15) is 13.2 Å². The maximum absolute atomic E-state index is 12.0. The van der Waals surface area contributed by atoms with Gasteiger partial charge in [0.2, 0.25) is 0 Å². The summed E-state index contributed by atoms with van der Waals surface area (Å²) < 4.78 is 45.4. The van der Waals surface area contributed by atoms with Crippen LogP contribution in [0, 0.1) is 6.92 Å². The van der Waals surface area contributed by atoms with Crippen LogP contribution in [0.2, 0.25) is 0 Å². The minimum absolute atomic E-state index is 0.226. The van der Waals surface area contributed by atoms with E-state index in [0.717, 1.165) is 36.2 Å². The Kier molecular flexibility index (Phi) is 6.04. The molecule has 0 spiro atoms. The number of imidazole rings is 1. The molecule has 2 rings (SSSR count). The molecule has 0 bridgehead atoms. The van der Waals surface area contributed by atoms with Gasteiger partial charge in [0.25, 0.3) is 0 Å². The van der Waals surface area contributed by atoms with Crippen LogP contribution in [-0.4, -0.2) is 22.9 Å². The largest absolute Gasteiger partial charge is 0.573 e. The maximum atomic E-state index is 12.0. The van der Waals surface area contributed by atoms with Gasteiger partial charge in [0.1, 0.15) is 5.75 Å². The van der Waals surface area contributed by atoms with E-state index in [1.54, 1.807) is 18.5 Å². The lowest BCUT2D eigenvalue weighted by atomic mass is 10.2. The number of unbranched alkanes of at least 4 members (excludes halogenated alkanes) is 1. The molecule has 0 aliphatic heterocycles. The molecule has 1 heterocycles. The van der Waals surface area contributed by atoms with Gasteiger partial charge in [-0.25, -0.2) is 4.98 Å². The summed E-state index contributed by atoms with van der Waals surface area (Å²) in [5.74, 6) is -0.226. The van der Waals surface area contributed by atoms with Gasteiger partial charge in [-0.3, -0.25) is 0 Å². The van der Waals surface area contributed by atoms with Crippen molar-refractivity contribution in [3.8, 4) is 5.75 Å². The van der Waals surface area contributed by atoms with Gasteiger partial charge in [-0.1, -0.05) is 12.1 Å². The molecule has 0 fully saturated rings. The average molecular weight is 328 g/mol. The molecule has 2 aromatic rings. The molecule has 0 saturated heterocycles. The van der Waals surface area contributed by atoms with Gasteiger partial charge in [0.15, 0.2) is 0 Å². The normalized spacial score (nSPS) is 11.7. The zero-order valence-electron chi connectivity index (χ0n) is 12.8. The smallest absolute Gasteiger partial charge is 0.406 e. The van der Waals surface area contributed by atoms with Gasteiger partial charge in [-0.05, 0) is 43.9 Å². The van der Waals surface area contributed by atoms with Crippen LogP contribution in [0.25, 0.3) is 0 Å². The molecule has 1 aromatic carbocycles. The van der Waals surface area contributed by atoms with Crippen LogP contribution in [0.5, 0.6) is 5.75 Å². The first-order valence-electron chi connectivity index (χ1n) is 7.35. The van der Waals surface area contributed by atoms with Crippen LogP contribution < -0.4 is 4.74 Å². The number of ether oxygens (including phenoxy) is 2. The number of H-pyrrole nitrogens is 1. The van der Waals surface area contributed by atoms with Crippen molar-refractivity contribution in [2.75, 3.05) is 6.61 Å². The molecule has 1 aromatic heterocycles. The third kappa shape index (κ3) is 6.32. The Morgan fingerprint density at radius 1 is 1.13 bits per heavy atom. The molecule has 0 atom stereocenters. The van der Waals surface area contributed by atoms with Crippen molar-refractivity contribution in [1.82, 2.24) is 9.97 Å². The fraction of sp³-hybridized carbons (Fsp3) is 0.438. The van der Waals surface area contributed by atoms with E-state index in [1.165, 1.54) is 12.1 Å². The lowest BCUT2D eigenvalue weighted by molar-refractivity contribution is -0.274. The number of halogens is 3. The Morgan fingerprint density at radius 2 is 1.87 bits per heavy atom. The SMILES string of the molecule is Cc1[nH]cnc1CCCCOCc1ccc(OC(F)(F)F)cc1. The van der Waals surface area contributed by atoms with Crippen LogP contribution in [-0.2, 0) is 17.8 Å². The third-order valence-electron chi connectivity index (χ3n) is 3.31. The van der Waals surface area contributed by atoms with Gasteiger partial charge in [0, 0.05) is 12.3 Å². The number of aromatic nitrogens is 2. The van der Waals surface area contributed by atoms with Gasteiger partial charge >= 0.3 is 6.36 Å². The number of alkyl halides is 3. The summed E-state index contributed by atoms with van der Waals surface area (Å²) >= 11 is 0. The van der Waals surface area contributed by atoms with Crippen LogP contribution in [0.1, 0.15) is 29.8 Å². The standard InChI is InChI=1S/C16H19F3N2O2/c1-12-15(21-11-20-12)4-2-3-9-22-10-13-5-7-14(8-6-13)23-16(17,18)19/h5-8,11H,2-4,9-10H2,1H3,(H,20,21). The molecule has 126 valence electrons. The number of nitrogens with one attached hydrogen (secondary N) is 1. The van der Waals surface area contributed by atoms with E-state index in [0.29, 0.717) is 13.2 Å². The molecule has 0 aliphatic rings. The zero-order chi connectivity index (χ0) is 16.7. The highest BCUT2D eigenvalue weighted by atomic mass is 19.4. The molecule has 7 heteroatoms. The summed E-state index contributed by atoms with van der Waals surface area (Å²) in [5, 5.41) is 0. The minimum atomic E-state index is -4.66. The Balaban J connectivity index is 1.62. The number of hydrogen-bond donors (Lipinski definition) is 1. The highest BCUT2D eigenvalue weighted by molar-refractivity contribution is 5.27. The summed E-state index contributed by atoms with van der Waals surface area (Å²) in [6.45, 7) is 2.96. The third-order valence-corrected chi connectivity index (χ3v) is 3.31. The summed E-state index contributed by atoms with van der Waals surface area (Å²) in [7, 11) is 0. The molecule has 0 radical (unpaired) electrons. The molecule has 23 heavy (non-hydrogen) atoms. The van der Waals surface area contributed by atoms with E-state index in [-0.39, 0.29) is 5.75 Å². The van der Waals surface area contributed by atoms with E-state index >= 15 is 0 Å². The molecular weight excluding hydrogens is 309 g/mol. The minimum Gasteiger partial charge on any atom is -0.406 e. The zero-order valence-corrected chi connectivity index (χ0v) is 12.8. The van der Waals surface area contributed by atoms with Gasteiger partial charge in [0.05, 0.1) is 18.6 Å². The average Bonchev–Trinajstić information content (AvgIpc) is 2.88. The van der Waals surface area contributed by atoms with E-state index < -0.39 is 6.36 Å². The van der Waals surface area contributed by atoms with Gasteiger partial charge in [-0.2, -0.15) is 0 Å². The van der Waals surface area contributed by atoms with Crippen molar-refractivity contribution in [3.63, 3.8) is 0 Å². The van der Waals surface area contributed by atoms with E-state index in [4.69, 9.17) is 4.74 Å². The predicted molar refractivity (Wildman–Crippen MR) is 79.0 cm³/mol. The predicted octanol–water partition coefficient (Wildman–Crippen LogP) is 4.16. The van der Waals surface area contributed by atoms with Crippen molar-refractivity contribution in [2.24, 2.45) is 0 Å². The lowest BCUT2D eigenvalue weighted by Crippen LogP contribution is -2.17. The Bertz CT molecular complexity index is 594. The fourth-order valence-electron chi connectivity index (χ4n) is 2.11. The molecule has 0 amide bonds. The highest BCUT2D eigenvalue weighted by Crippen LogP contribution is 2.22. The van der Waals surface area contributed by atoms with Crippen LogP contribution in [0.4, 0.5) is 13.2 Å². The molecular formula is C16H19F3N2O2. The first-order chi connectivity index (χ1) is 10.9. The van der Waals surface area contributed by atoms with Crippen molar-refractivity contribution >= 4 is 0 Å². The number of hydrogen-bond acceptors (Lipinski definition) is 3. The fourth-order valence-corrected chi connectivity index (χ4v) is 2.11. The quantitative estimate of drug-likeness (QED) is 0.740. The molecule has 0 saturated carbocycles. The molecule has 4 nitrogen and oxygen atoms in total. The highest BCUT2D eigenvalue weighted by Gasteiger charge is 2.30. The second-order valence-electron chi connectivity index (χ2n) is 5.18. The topological polar surface area (TPSA) is 47.1 Å². The van der Waals surface area contributed by atoms with Crippen LogP contribution in [0.15, 0.2) is 30.6 Å². The maximum Gasteiger partial charge on any atom is 0.573 e. The van der Waals surface area contributed by atoms with Crippen LogP contribution in [0.3, 0.4) is 0 Å². The number of aryl methyl sites for hydroxylation is 2. The summed E-state index contributed by atoms with van der Waals surface area (Å²) in [6, 6.07) is 5.70. The second kappa shape index (κ2) is 8.01. The van der Waals surface area contributed by atoms with Crippen molar-refractivity contribution < 1.29 is 22.6 Å². The molecule has 0 unspecified atom stereocenters. The monoisotopic (exact) mass is 328 g/mol. The first kappa shape index (κ1) is 17.3. The Hall–Kier alpha value is -2.02. The molecule has 1 N–H and O–H groups in total. The first-order valence-corrected chi connectivity index (χ1v) is 7.35. The van der Waals surface area contributed by atoms with Gasteiger partial charge in [-0.15, -0.1) is 13.2 Å². The number of aromatic amines is 1. The summed E-state index contributed by atoms with van der Waals surface area (Å²) in [4.78, 5) is 7.26. The number of benzene rings is 1. The Morgan fingerprint density at radius 3 is 2.48 bits per heavy atom. The Labute approximate surface area is 132 Å². The van der Waals surface area contributed by atoms with Crippen molar-refractivity contribution in [2.45, 2.75) is 39.2 Å². The van der Waals surface area contributed by atoms with Crippen molar-refractivity contribution in [3.05, 3.63) is 47.5 Å².